The van der Waals surface area contributed by atoms with Gasteiger partial charge in [0, 0.05) is 55.0 Å². The van der Waals surface area contributed by atoms with Crippen molar-refractivity contribution in [1.29, 1.82) is 0 Å². The average molecular weight is 521 g/mol. The van der Waals surface area contributed by atoms with E-state index in [2.05, 4.69) is 20.1 Å². The fourth-order valence-electron chi connectivity index (χ4n) is 5.95. The van der Waals surface area contributed by atoms with Crippen molar-refractivity contribution < 1.29 is 17.6 Å². The minimum Gasteiger partial charge on any atom is -0.354 e. The van der Waals surface area contributed by atoms with Gasteiger partial charge in [-0.25, -0.2) is 22.5 Å². The van der Waals surface area contributed by atoms with E-state index in [-0.39, 0.29) is 24.6 Å². The van der Waals surface area contributed by atoms with Gasteiger partial charge in [0.25, 0.3) is 5.92 Å². The molecule has 1 saturated heterocycles. The molecule has 3 aromatic rings. The van der Waals surface area contributed by atoms with Gasteiger partial charge in [0.2, 0.25) is 0 Å². The third-order valence-corrected chi connectivity index (χ3v) is 7.96. The van der Waals surface area contributed by atoms with Crippen LogP contribution in [0.4, 0.5) is 23.4 Å². The molecular formula is C25H25ClF4N6. The van der Waals surface area contributed by atoms with Crippen LogP contribution >= 0.6 is 11.6 Å². The normalized spacial score (nSPS) is 21.4. The summed E-state index contributed by atoms with van der Waals surface area (Å²) in [7, 11) is 0. The second kappa shape index (κ2) is 8.41. The van der Waals surface area contributed by atoms with Crippen molar-refractivity contribution in [3.8, 4) is 5.69 Å². The average Bonchev–Trinajstić information content (AvgIpc) is 3.13. The molecule has 1 saturated carbocycles. The molecule has 190 valence electrons. The zero-order chi connectivity index (χ0) is 25.2. The SMILES string of the molecule is CC1(N2Cc3cc(Cl)ccc3-n3c(nnc3C3CCN(c4ncc(F)cc4F)CC3)C2)CC(F)(F)C1. The first-order valence-electron chi connectivity index (χ1n) is 12.0. The Bertz CT molecular complexity index is 1310. The van der Waals surface area contributed by atoms with Crippen LogP contribution in [-0.2, 0) is 13.1 Å². The number of halogens is 5. The van der Waals surface area contributed by atoms with Gasteiger partial charge in [-0.15, -0.1) is 10.2 Å². The van der Waals surface area contributed by atoms with E-state index in [9.17, 15) is 17.6 Å². The highest BCUT2D eigenvalue weighted by molar-refractivity contribution is 6.30. The largest absolute Gasteiger partial charge is 0.354 e. The van der Waals surface area contributed by atoms with Crippen molar-refractivity contribution in [2.24, 2.45) is 0 Å². The summed E-state index contributed by atoms with van der Waals surface area (Å²) in [5.74, 6) is -2.32. The van der Waals surface area contributed by atoms with Gasteiger partial charge in [-0.05, 0) is 43.5 Å². The van der Waals surface area contributed by atoms with Crippen LogP contribution in [0, 0.1) is 11.6 Å². The van der Waals surface area contributed by atoms with Gasteiger partial charge in [-0.2, -0.15) is 0 Å². The van der Waals surface area contributed by atoms with E-state index in [4.69, 9.17) is 11.6 Å². The van der Waals surface area contributed by atoms with Gasteiger partial charge in [0.1, 0.15) is 11.6 Å². The number of aromatic nitrogens is 4. The number of fused-ring (bicyclic) bond motifs is 3. The number of piperidine rings is 1. The van der Waals surface area contributed by atoms with E-state index in [0.717, 1.165) is 29.3 Å². The van der Waals surface area contributed by atoms with Crippen LogP contribution in [0.25, 0.3) is 5.69 Å². The quantitative estimate of drug-likeness (QED) is 0.428. The third-order valence-electron chi connectivity index (χ3n) is 7.72. The number of rotatable bonds is 3. The van der Waals surface area contributed by atoms with E-state index in [1.54, 1.807) is 0 Å². The minimum atomic E-state index is -2.65. The molecule has 0 radical (unpaired) electrons. The fourth-order valence-corrected chi connectivity index (χ4v) is 6.14. The zero-order valence-corrected chi connectivity index (χ0v) is 20.4. The number of alkyl halides is 2. The van der Waals surface area contributed by atoms with Gasteiger partial charge in [-0.3, -0.25) is 9.47 Å². The zero-order valence-electron chi connectivity index (χ0n) is 19.7. The highest BCUT2D eigenvalue weighted by Gasteiger charge is 2.57. The second-order valence-electron chi connectivity index (χ2n) is 10.4. The molecule has 0 amide bonds. The summed E-state index contributed by atoms with van der Waals surface area (Å²) in [6.45, 7) is 3.83. The lowest BCUT2D eigenvalue weighted by Crippen LogP contribution is -2.59. The standard InChI is InChI=1S/C25H25ClF4N6/c1-24(13-25(29,30)14-24)35-11-16-8-17(26)2-3-20(16)36-21(12-35)32-33-22(36)15-4-6-34(7-5-15)23-19(28)9-18(27)10-31-23/h2-3,8-10,15H,4-7,11-14H2,1H3. The molecule has 11 heteroatoms. The molecule has 1 aliphatic carbocycles. The van der Waals surface area contributed by atoms with Crippen molar-refractivity contribution in [2.45, 2.75) is 63.1 Å². The number of nitrogens with zero attached hydrogens (tertiary/aromatic N) is 6. The van der Waals surface area contributed by atoms with Crippen molar-refractivity contribution in [1.82, 2.24) is 24.6 Å². The number of hydrogen-bond acceptors (Lipinski definition) is 5. The molecule has 2 aliphatic heterocycles. The van der Waals surface area contributed by atoms with Gasteiger partial charge in [0.05, 0.1) is 18.4 Å². The highest BCUT2D eigenvalue weighted by atomic mass is 35.5. The molecule has 0 bridgehead atoms. The molecule has 36 heavy (non-hydrogen) atoms. The van der Waals surface area contributed by atoms with Crippen LogP contribution in [0.3, 0.4) is 0 Å². The molecule has 0 unspecified atom stereocenters. The monoisotopic (exact) mass is 520 g/mol. The highest BCUT2D eigenvalue weighted by Crippen LogP contribution is 2.50. The maximum Gasteiger partial charge on any atom is 0.251 e. The number of pyridine rings is 1. The van der Waals surface area contributed by atoms with E-state index in [0.29, 0.717) is 49.9 Å². The summed E-state index contributed by atoms with van der Waals surface area (Å²) in [5.41, 5.74) is 1.20. The molecule has 6 rings (SSSR count). The molecule has 1 aromatic carbocycles. The molecule has 0 N–H and O–H groups in total. The first-order chi connectivity index (χ1) is 17.1. The van der Waals surface area contributed by atoms with Gasteiger partial charge >= 0.3 is 0 Å². The minimum absolute atomic E-state index is 0.0599. The Kier molecular flexibility index (Phi) is 5.53. The first kappa shape index (κ1) is 23.7. The Morgan fingerprint density at radius 2 is 1.78 bits per heavy atom. The van der Waals surface area contributed by atoms with Crippen LogP contribution in [0.5, 0.6) is 0 Å². The Balaban J connectivity index is 1.30. The van der Waals surface area contributed by atoms with E-state index < -0.39 is 23.1 Å². The molecule has 4 heterocycles. The van der Waals surface area contributed by atoms with Gasteiger partial charge < -0.3 is 4.90 Å². The molecule has 0 atom stereocenters. The third kappa shape index (κ3) is 4.04. The van der Waals surface area contributed by atoms with Crippen molar-refractivity contribution >= 4 is 17.4 Å². The molecular weight excluding hydrogens is 496 g/mol. The second-order valence-corrected chi connectivity index (χ2v) is 10.8. The molecule has 3 aliphatic rings. The number of hydrogen-bond donors (Lipinski definition) is 0. The Morgan fingerprint density at radius 1 is 1.03 bits per heavy atom. The predicted molar refractivity (Wildman–Crippen MR) is 127 cm³/mol. The molecule has 2 aromatic heterocycles. The summed E-state index contributed by atoms with van der Waals surface area (Å²) < 4.78 is 57.3. The van der Waals surface area contributed by atoms with Gasteiger partial charge in [-0.1, -0.05) is 11.6 Å². The summed E-state index contributed by atoms with van der Waals surface area (Å²) in [6.07, 6.45) is 2.02. The van der Waals surface area contributed by atoms with Crippen molar-refractivity contribution in [3.05, 3.63) is 64.3 Å². The lowest BCUT2D eigenvalue weighted by atomic mass is 9.73. The summed E-state index contributed by atoms with van der Waals surface area (Å²) in [4.78, 5) is 7.81. The summed E-state index contributed by atoms with van der Waals surface area (Å²) in [5, 5.41) is 9.63. The predicted octanol–water partition coefficient (Wildman–Crippen LogP) is 5.48. The number of anilines is 1. The Morgan fingerprint density at radius 3 is 2.47 bits per heavy atom. The number of benzene rings is 1. The maximum atomic E-state index is 14.3. The molecule has 2 fully saturated rings. The molecule has 6 nitrogen and oxygen atoms in total. The van der Waals surface area contributed by atoms with Crippen molar-refractivity contribution in [3.63, 3.8) is 0 Å². The lowest BCUT2D eigenvalue weighted by molar-refractivity contribution is -0.173. The summed E-state index contributed by atoms with van der Waals surface area (Å²) >= 11 is 6.33. The van der Waals surface area contributed by atoms with E-state index in [1.165, 1.54) is 0 Å². The van der Waals surface area contributed by atoms with Crippen LogP contribution < -0.4 is 4.90 Å². The fraction of sp³-hybridized carbons (Fsp3) is 0.480. The van der Waals surface area contributed by atoms with E-state index >= 15 is 0 Å². The van der Waals surface area contributed by atoms with E-state index in [1.807, 2.05) is 34.6 Å². The Labute approximate surface area is 210 Å². The smallest absolute Gasteiger partial charge is 0.251 e. The van der Waals surface area contributed by atoms with Crippen LogP contribution in [0.15, 0.2) is 30.5 Å². The van der Waals surface area contributed by atoms with Crippen molar-refractivity contribution in [2.75, 3.05) is 18.0 Å². The van der Waals surface area contributed by atoms with Gasteiger partial charge in [0.15, 0.2) is 17.5 Å². The summed E-state index contributed by atoms with van der Waals surface area (Å²) in [6, 6.07) is 6.48. The Hall–Kier alpha value is -2.72. The topological polar surface area (TPSA) is 50.1 Å². The first-order valence-corrected chi connectivity index (χ1v) is 12.4. The maximum absolute atomic E-state index is 14.3. The van der Waals surface area contributed by atoms with Crippen LogP contribution in [0.1, 0.15) is 55.7 Å². The lowest BCUT2D eigenvalue weighted by Gasteiger charge is -2.51. The van der Waals surface area contributed by atoms with Crippen LogP contribution in [-0.4, -0.2) is 49.2 Å². The molecule has 0 spiro atoms. The van der Waals surface area contributed by atoms with Crippen LogP contribution in [0.2, 0.25) is 5.02 Å².